The molecule has 0 unspecified atom stereocenters. The molecule has 0 radical (unpaired) electrons. The second kappa shape index (κ2) is 5.69. The first-order valence-corrected chi connectivity index (χ1v) is 8.49. The van der Waals surface area contributed by atoms with Crippen molar-refractivity contribution >= 4 is 21.4 Å². The van der Waals surface area contributed by atoms with Crippen LogP contribution in [0.3, 0.4) is 0 Å². The highest BCUT2D eigenvalue weighted by Gasteiger charge is 2.25. The smallest absolute Gasteiger partial charge is 0.252 e. The zero-order valence-electron chi connectivity index (χ0n) is 10.8. The lowest BCUT2D eigenvalue weighted by Gasteiger charge is -2.26. The third-order valence-corrected chi connectivity index (χ3v) is 6.65. The molecule has 0 aliphatic carbocycles. The zero-order chi connectivity index (χ0) is 13.2. The maximum atomic E-state index is 12.3. The SMILES string of the molecule is Cc1ccc(S(=O)(=O)N(C)CC2CCNCC2)s1. The van der Waals surface area contributed by atoms with Gasteiger partial charge in [0.2, 0.25) is 0 Å². The van der Waals surface area contributed by atoms with Crippen molar-refractivity contribution in [2.75, 3.05) is 26.7 Å². The van der Waals surface area contributed by atoms with Gasteiger partial charge in [-0.1, -0.05) is 0 Å². The molecule has 1 aliphatic heterocycles. The van der Waals surface area contributed by atoms with Gasteiger partial charge < -0.3 is 5.32 Å². The molecule has 1 aromatic rings. The van der Waals surface area contributed by atoms with Crippen LogP contribution < -0.4 is 5.32 Å². The number of nitrogens with one attached hydrogen (secondary N) is 1. The second-order valence-electron chi connectivity index (χ2n) is 4.84. The quantitative estimate of drug-likeness (QED) is 0.917. The van der Waals surface area contributed by atoms with E-state index in [1.165, 1.54) is 15.6 Å². The maximum absolute atomic E-state index is 12.3. The Kier molecular flexibility index (Phi) is 4.42. The van der Waals surface area contributed by atoms with E-state index in [9.17, 15) is 8.42 Å². The molecule has 0 spiro atoms. The van der Waals surface area contributed by atoms with Crippen molar-refractivity contribution in [2.45, 2.75) is 24.0 Å². The van der Waals surface area contributed by atoms with Crippen LogP contribution in [0, 0.1) is 12.8 Å². The molecule has 1 aromatic heterocycles. The molecular formula is C12H20N2O2S2. The van der Waals surface area contributed by atoms with E-state index >= 15 is 0 Å². The summed E-state index contributed by atoms with van der Waals surface area (Å²) in [5.41, 5.74) is 0. The fourth-order valence-electron chi connectivity index (χ4n) is 2.23. The van der Waals surface area contributed by atoms with Crippen molar-refractivity contribution in [3.63, 3.8) is 0 Å². The van der Waals surface area contributed by atoms with Crippen LogP contribution in [0.1, 0.15) is 17.7 Å². The number of hydrogen-bond donors (Lipinski definition) is 1. The molecule has 0 aromatic carbocycles. The summed E-state index contributed by atoms with van der Waals surface area (Å²) >= 11 is 1.34. The second-order valence-corrected chi connectivity index (χ2v) is 8.40. The number of rotatable bonds is 4. The van der Waals surface area contributed by atoms with Crippen molar-refractivity contribution in [2.24, 2.45) is 5.92 Å². The van der Waals surface area contributed by atoms with Gasteiger partial charge in [-0.05, 0) is 50.9 Å². The largest absolute Gasteiger partial charge is 0.317 e. The number of aryl methyl sites for hydroxylation is 1. The molecular weight excluding hydrogens is 268 g/mol. The number of piperidine rings is 1. The van der Waals surface area contributed by atoms with E-state index in [-0.39, 0.29) is 0 Å². The summed E-state index contributed by atoms with van der Waals surface area (Å²) in [6.07, 6.45) is 2.12. The molecule has 4 nitrogen and oxygen atoms in total. The van der Waals surface area contributed by atoms with Crippen LogP contribution in [0.5, 0.6) is 0 Å². The van der Waals surface area contributed by atoms with Crippen LogP contribution in [-0.4, -0.2) is 39.4 Å². The highest BCUT2D eigenvalue weighted by molar-refractivity contribution is 7.91. The molecule has 0 amide bonds. The maximum Gasteiger partial charge on any atom is 0.252 e. The molecule has 102 valence electrons. The molecule has 2 heterocycles. The number of thiophene rings is 1. The van der Waals surface area contributed by atoms with Crippen molar-refractivity contribution < 1.29 is 8.42 Å². The van der Waals surface area contributed by atoms with Gasteiger partial charge in [-0.15, -0.1) is 11.3 Å². The van der Waals surface area contributed by atoms with Crippen molar-refractivity contribution in [3.05, 3.63) is 17.0 Å². The van der Waals surface area contributed by atoms with Gasteiger partial charge in [-0.3, -0.25) is 0 Å². The minimum Gasteiger partial charge on any atom is -0.317 e. The fraction of sp³-hybridized carbons (Fsp3) is 0.667. The monoisotopic (exact) mass is 288 g/mol. The van der Waals surface area contributed by atoms with Gasteiger partial charge in [-0.2, -0.15) is 4.31 Å². The zero-order valence-corrected chi connectivity index (χ0v) is 12.5. The summed E-state index contributed by atoms with van der Waals surface area (Å²) < 4.78 is 26.6. The van der Waals surface area contributed by atoms with Crippen LogP contribution >= 0.6 is 11.3 Å². The van der Waals surface area contributed by atoms with Gasteiger partial charge in [0.1, 0.15) is 4.21 Å². The minimum atomic E-state index is -3.29. The number of hydrogen-bond acceptors (Lipinski definition) is 4. The first kappa shape index (κ1) is 14.0. The summed E-state index contributed by atoms with van der Waals surface area (Å²) in [5, 5.41) is 3.30. The molecule has 1 fully saturated rings. The summed E-state index contributed by atoms with van der Waals surface area (Å²) in [5.74, 6) is 0.479. The van der Waals surface area contributed by atoms with E-state index in [1.807, 2.05) is 13.0 Å². The van der Waals surface area contributed by atoms with Crippen LogP contribution in [0.4, 0.5) is 0 Å². The third-order valence-electron chi connectivity index (χ3n) is 3.35. The predicted octanol–water partition coefficient (Wildman–Crippen LogP) is 1.68. The molecule has 18 heavy (non-hydrogen) atoms. The number of sulfonamides is 1. The van der Waals surface area contributed by atoms with Crippen molar-refractivity contribution in [1.29, 1.82) is 0 Å². The normalized spacial score (nSPS) is 18.4. The lowest BCUT2D eigenvalue weighted by Crippen LogP contribution is -2.37. The van der Waals surface area contributed by atoms with Crippen LogP contribution in [-0.2, 0) is 10.0 Å². The van der Waals surface area contributed by atoms with Gasteiger partial charge in [0.25, 0.3) is 10.0 Å². The summed E-state index contributed by atoms with van der Waals surface area (Å²) in [6.45, 7) is 4.55. The van der Waals surface area contributed by atoms with Gasteiger partial charge in [0, 0.05) is 18.5 Å². The molecule has 0 bridgehead atoms. The van der Waals surface area contributed by atoms with E-state index in [4.69, 9.17) is 0 Å². The lowest BCUT2D eigenvalue weighted by atomic mass is 9.98. The Balaban J connectivity index is 2.05. The predicted molar refractivity (Wildman–Crippen MR) is 74.5 cm³/mol. The first-order valence-electron chi connectivity index (χ1n) is 6.23. The molecule has 1 N–H and O–H groups in total. The van der Waals surface area contributed by atoms with Crippen LogP contribution in [0.2, 0.25) is 0 Å². The number of nitrogens with zero attached hydrogens (tertiary/aromatic N) is 1. The van der Waals surface area contributed by atoms with E-state index in [2.05, 4.69) is 5.32 Å². The van der Waals surface area contributed by atoms with Gasteiger partial charge in [0.15, 0.2) is 0 Å². The van der Waals surface area contributed by atoms with E-state index in [0.29, 0.717) is 16.7 Å². The first-order chi connectivity index (χ1) is 8.50. The Morgan fingerprint density at radius 3 is 2.61 bits per heavy atom. The highest BCUT2D eigenvalue weighted by atomic mass is 32.2. The average Bonchev–Trinajstić information content (AvgIpc) is 2.78. The molecule has 0 saturated carbocycles. The Labute approximate surface area is 113 Å². The van der Waals surface area contributed by atoms with Gasteiger partial charge in [-0.25, -0.2) is 8.42 Å². The Morgan fingerprint density at radius 1 is 1.39 bits per heavy atom. The molecule has 2 rings (SSSR count). The van der Waals surface area contributed by atoms with Crippen LogP contribution in [0.15, 0.2) is 16.3 Å². The van der Waals surface area contributed by atoms with Crippen molar-refractivity contribution in [3.8, 4) is 0 Å². The summed E-state index contributed by atoms with van der Waals surface area (Å²) in [6, 6.07) is 3.56. The summed E-state index contributed by atoms with van der Waals surface area (Å²) in [7, 11) is -1.60. The topological polar surface area (TPSA) is 49.4 Å². The van der Waals surface area contributed by atoms with E-state index in [1.54, 1.807) is 13.1 Å². The van der Waals surface area contributed by atoms with E-state index < -0.39 is 10.0 Å². The van der Waals surface area contributed by atoms with Gasteiger partial charge in [0.05, 0.1) is 0 Å². The standard InChI is InChI=1S/C12H20N2O2S2/c1-10-3-4-12(17-10)18(15,16)14(2)9-11-5-7-13-8-6-11/h3-4,11,13H,5-9H2,1-2H3. The fourth-order valence-corrected chi connectivity index (χ4v) is 4.97. The molecule has 0 atom stereocenters. The van der Waals surface area contributed by atoms with E-state index in [0.717, 1.165) is 30.8 Å². The third kappa shape index (κ3) is 3.12. The van der Waals surface area contributed by atoms with Crippen molar-refractivity contribution in [1.82, 2.24) is 9.62 Å². The average molecular weight is 288 g/mol. The molecule has 1 saturated heterocycles. The van der Waals surface area contributed by atoms with Crippen LogP contribution in [0.25, 0.3) is 0 Å². The Morgan fingerprint density at radius 2 is 2.06 bits per heavy atom. The molecule has 6 heteroatoms. The summed E-state index contributed by atoms with van der Waals surface area (Å²) in [4.78, 5) is 1.03. The highest BCUT2D eigenvalue weighted by Crippen LogP contribution is 2.25. The Hall–Kier alpha value is -0.430. The lowest BCUT2D eigenvalue weighted by molar-refractivity contribution is 0.311. The van der Waals surface area contributed by atoms with Gasteiger partial charge >= 0.3 is 0 Å². The molecule has 1 aliphatic rings. The minimum absolute atomic E-state index is 0.455. The Bertz CT molecular complexity index is 490.